The summed E-state index contributed by atoms with van der Waals surface area (Å²) in [5, 5.41) is 13.2. The lowest BCUT2D eigenvalue weighted by molar-refractivity contribution is -0.384. The van der Waals surface area contributed by atoms with E-state index >= 15 is 0 Å². The molecule has 0 saturated heterocycles. The van der Waals surface area contributed by atoms with Gasteiger partial charge < -0.3 is 11.1 Å². The minimum absolute atomic E-state index is 0.0707. The fraction of sp³-hybridized carbons (Fsp3) is 0.0667. The summed E-state index contributed by atoms with van der Waals surface area (Å²) < 4.78 is 0. The zero-order chi connectivity index (χ0) is 16.1. The Balaban J connectivity index is 1.97. The molecule has 2 aromatic carbocycles. The van der Waals surface area contributed by atoms with Gasteiger partial charge >= 0.3 is 0 Å². The number of nitrogens with two attached hydrogens (primary N) is 1. The summed E-state index contributed by atoms with van der Waals surface area (Å²) in [5.74, 6) is -0.852. The lowest BCUT2D eigenvalue weighted by Gasteiger charge is -2.06. The molecule has 2 rings (SSSR count). The van der Waals surface area contributed by atoms with E-state index in [0.29, 0.717) is 11.1 Å². The van der Waals surface area contributed by atoms with Crippen molar-refractivity contribution in [2.75, 3.05) is 0 Å². The SMILES string of the molecule is NC(=O)c1ccc(CNC(=O)c2ccc([N+](=O)[O-])cc2)cc1. The summed E-state index contributed by atoms with van der Waals surface area (Å²) in [6.45, 7) is 0.273. The van der Waals surface area contributed by atoms with Crippen LogP contribution in [0.25, 0.3) is 0 Å². The zero-order valence-electron chi connectivity index (χ0n) is 11.5. The first kappa shape index (κ1) is 15.2. The molecule has 0 radical (unpaired) electrons. The molecule has 112 valence electrons. The van der Waals surface area contributed by atoms with Crippen LogP contribution in [0.2, 0.25) is 0 Å². The first-order valence-electron chi connectivity index (χ1n) is 6.39. The van der Waals surface area contributed by atoms with Crippen LogP contribution in [-0.4, -0.2) is 16.7 Å². The van der Waals surface area contributed by atoms with E-state index in [9.17, 15) is 19.7 Å². The molecule has 22 heavy (non-hydrogen) atoms. The lowest BCUT2D eigenvalue weighted by atomic mass is 10.1. The van der Waals surface area contributed by atoms with E-state index in [1.807, 2.05) is 0 Å². The first-order chi connectivity index (χ1) is 10.5. The number of carbonyl (C=O) groups is 2. The van der Waals surface area contributed by atoms with Gasteiger partial charge in [0.1, 0.15) is 0 Å². The van der Waals surface area contributed by atoms with Crippen LogP contribution in [-0.2, 0) is 6.54 Å². The standard InChI is InChI=1S/C15H13N3O4/c16-14(19)11-3-1-10(2-4-11)9-17-15(20)12-5-7-13(8-6-12)18(21)22/h1-8H,9H2,(H2,16,19)(H,17,20). The third-order valence-electron chi connectivity index (χ3n) is 3.03. The van der Waals surface area contributed by atoms with Crippen molar-refractivity contribution >= 4 is 17.5 Å². The van der Waals surface area contributed by atoms with Crippen LogP contribution in [0.1, 0.15) is 26.3 Å². The molecule has 0 aliphatic rings. The van der Waals surface area contributed by atoms with Crippen molar-refractivity contribution in [3.8, 4) is 0 Å². The number of amides is 2. The van der Waals surface area contributed by atoms with Crippen LogP contribution >= 0.6 is 0 Å². The molecule has 0 aliphatic carbocycles. The maximum absolute atomic E-state index is 11.9. The molecule has 0 spiro atoms. The van der Waals surface area contributed by atoms with Gasteiger partial charge in [-0.15, -0.1) is 0 Å². The van der Waals surface area contributed by atoms with Crippen LogP contribution in [0, 0.1) is 10.1 Å². The largest absolute Gasteiger partial charge is 0.366 e. The van der Waals surface area contributed by atoms with E-state index in [1.165, 1.54) is 24.3 Å². The number of nitrogens with zero attached hydrogens (tertiary/aromatic N) is 1. The molecule has 0 aromatic heterocycles. The Kier molecular flexibility index (Phi) is 4.47. The average molecular weight is 299 g/mol. The highest BCUT2D eigenvalue weighted by Gasteiger charge is 2.09. The summed E-state index contributed by atoms with van der Waals surface area (Å²) in [6, 6.07) is 11.9. The normalized spacial score (nSPS) is 10.0. The Morgan fingerprint density at radius 3 is 2.05 bits per heavy atom. The second-order valence-corrected chi connectivity index (χ2v) is 4.55. The molecular formula is C15H13N3O4. The quantitative estimate of drug-likeness (QED) is 0.644. The summed E-state index contributed by atoms with van der Waals surface area (Å²) in [6.07, 6.45) is 0. The molecule has 7 heteroatoms. The summed E-state index contributed by atoms with van der Waals surface area (Å²) in [7, 11) is 0. The van der Waals surface area contributed by atoms with Crippen LogP contribution in [0.3, 0.4) is 0 Å². The third kappa shape index (κ3) is 3.66. The number of nitro groups is 1. The highest BCUT2D eigenvalue weighted by Crippen LogP contribution is 2.12. The van der Waals surface area contributed by atoms with E-state index in [-0.39, 0.29) is 18.1 Å². The fourth-order valence-corrected chi connectivity index (χ4v) is 1.81. The number of hydrogen-bond acceptors (Lipinski definition) is 4. The van der Waals surface area contributed by atoms with Gasteiger partial charge in [0, 0.05) is 29.8 Å². The molecule has 7 nitrogen and oxygen atoms in total. The predicted octanol–water partition coefficient (Wildman–Crippen LogP) is 1.62. The van der Waals surface area contributed by atoms with E-state index < -0.39 is 10.8 Å². The van der Waals surface area contributed by atoms with Gasteiger partial charge in [-0.3, -0.25) is 19.7 Å². The van der Waals surface area contributed by atoms with E-state index in [0.717, 1.165) is 5.56 Å². The maximum Gasteiger partial charge on any atom is 0.269 e. The number of rotatable bonds is 5. The number of hydrogen-bond donors (Lipinski definition) is 2. The van der Waals surface area contributed by atoms with Gasteiger partial charge in [-0.2, -0.15) is 0 Å². The minimum atomic E-state index is -0.526. The Morgan fingerprint density at radius 2 is 1.55 bits per heavy atom. The van der Waals surface area contributed by atoms with Crippen LogP contribution < -0.4 is 11.1 Å². The molecule has 2 aromatic rings. The van der Waals surface area contributed by atoms with Crippen LogP contribution in [0.5, 0.6) is 0 Å². The third-order valence-corrected chi connectivity index (χ3v) is 3.03. The number of carbonyl (C=O) groups excluding carboxylic acids is 2. The number of nitrogens with one attached hydrogen (secondary N) is 1. The Bertz CT molecular complexity index is 709. The topological polar surface area (TPSA) is 115 Å². The van der Waals surface area contributed by atoms with Gasteiger partial charge in [-0.1, -0.05) is 12.1 Å². The highest BCUT2D eigenvalue weighted by atomic mass is 16.6. The Labute approximate surface area is 125 Å². The van der Waals surface area contributed by atoms with Gasteiger partial charge in [-0.05, 0) is 29.8 Å². The van der Waals surface area contributed by atoms with Crippen molar-refractivity contribution in [2.45, 2.75) is 6.54 Å². The molecular weight excluding hydrogens is 286 g/mol. The van der Waals surface area contributed by atoms with E-state index in [2.05, 4.69) is 5.32 Å². The smallest absolute Gasteiger partial charge is 0.269 e. The second kappa shape index (κ2) is 6.49. The number of benzene rings is 2. The van der Waals surface area contributed by atoms with Gasteiger partial charge in [0.25, 0.3) is 11.6 Å². The monoisotopic (exact) mass is 299 g/mol. The van der Waals surface area contributed by atoms with Crippen molar-refractivity contribution in [2.24, 2.45) is 5.73 Å². The number of nitro benzene ring substituents is 1. The Morgan fingerprint density at radius 1 is 1.00 bits per heavy atom. The van der Waals surface area contributed by atoms with E-state index in [4.69, 9.17) is 5.73 Å². The van der Waals surface area contributed by atoms with Crippen LogP contribution in [0.15, 0.2) is 48.5 Å². The molecule has 0 aliphatic heterocycles. The fourth-order valence-electron chi connectivity index (χ4n) is 1.81. The molecule has 2 amide bonds. The maximum atomic E-state index is 11.9. The van der Waals surface area contributed by atoms with Gasteiger partial charge in [0.05, 0.1) is 4.92 Å². The first-order valence-corrected chi connectivity index (χ1v) is 6.39. The van der Waals surface area contributed by atoms with Crippen LogP contribution in [0.4, 0.5) is 5.69 Å². The van der Waals surface area contributed by atoms with Gasteiger partial charge in [-0.25, -0.2) is 0 Å². The zero-order valence-corrected chi connectivity index (χ0v) is 11.5. The van der Waals surface area contributed by atoms with Gasteiger partial charge in [0.2, 0.25) is 5.91 Å². The summed E-state index contributed by atoms with van der Waals surface area (Å²) >= 11 is 0. The second-order valence-electron chi connectivity index (χ2n) is 4.55. The molecule has 0 saturated carbocycles. The average Bonchev–Trinajstić information content (AvgIpc) is 2.53. The lowest BCUT2D eigenvalue weighted by Crippen LogP contribution is -2.22. The summed E-state index contributed by atoms with van der Waals surface area (Å²) in [5.41, 5.74) is 6.60. The van der Waals surface area contributed by atoms with Crippen molar-refractivity contribution in [3.05, 3.63) is 75.3 Å². The van der Waals surface area contributed by atoms with E-state index in [1.54, 1.807) is 24.3 Å². The van der Waals surface area contributed by atoms with Crippen molar-refractivity contribution in [1.82, 2.24) is 5.32 Å². The number of non-ortho nitro benzene ring substituents is 1. The molecule has 0 bridgehead atoms. The summed E-state index contributed by atoms with van der Waals surface area (Å²) in [4.78, 5) is 32.9. The molecule has 0 fully saturated rings. The molecule has 0 atom stereocenters. The number of primary amides is 1. The Hall–Kier alpha value is -3.22. The van der Waals surface area contributed by atoms with Crippen molar-refractivity contribution in [3.63, 3.8) is 0 Å². The molecule has 0 unspecified atom stereocenters. The minimum Gasteiger partial charge on any atom is -0.366 e. The van der Waals surface area contributed by atoms with Gasteiger partial charge in [0.15, 0.2) is 0 Å². The molecule has 0 heterocycles. The highest BCUT2D eigenvalue weighted by molar-refractivity contribution is 5.94. The van der Waals surface area contributed by atoms with Crippen molar-refractivity contribution < 1.29 is 14.5 Å². The predicted molar refractivity (Wildman–Crippen MR) is 79.2 cm³/mol. The molecule has 3 N–H and O–H groups in total. The van der Waals surface area contributed by atoms with Crippen molar-refractivity contribution in [1.29, 1.82) is 0 Å².